The summed E-state index contributed by atoms with van der Waals surface area (Å²) in [5, 5.41) is 6.66. The molecule has 0 unspecified atom stereocenters. The van der Waals surface area contributed by atoms with Gasteiger partial charge in [-0.1, -0.05) is 12.1 Å². The summed E-state index contributed by atoms with van der Waals surface area (Å²) < 4.78 is 41.6. The van der Waals surface area contributed by atoms with Crippen LogP contribution >= 0.6 is 0 Å². The van der Waals surface area contributed by atoms with Crippen molar-refractivity contribution in [2.45, 2.75) is 12.8 Å². The van der Waals surface area contributed by atoms with Crippen LogP contribution in [0, 0.1) is 0 Å². The number of aromatic nitrogens is 3. The Hall–Kier alpha value is -3.10. The summed E-state index contributed by atoms with van der Waals surface area (Å²) >= 11 is 0. The van der Waals surface area contributed by atoms with Crippen molar-refractivity contribution in [2.24, 2.45) is 0 Å². The minimum absolute atomic E-state index is 0.00148. The molecule has 1 N–H and O–H groups in total. The summed E-state index contributed by atoms with van der Waals surface area (Å²) in [4.78, 5) is 16.1. The first-order valence-electron chi connectivity index (χ1n) is 6.83. The standard InChI is InChI=1S/C15H11F3N4O2/c16-15(17,18)24-11-5-3-10(4-6-11)8-13(23)21-12-2-1-7-22-14(12)19-9-20-22/h1-7,9H,8H2,(H,21,23). The molecule has 2 aromatic heterocycles. The van der Waals surface area contributed by atoms with Crippen molar-refractivity contribution in [1.82, 2.24) is 14.6 Å². The van der Waals surface area contributed by atoms with Gasteiger partial charge in [0.05, 0.1) is 12.1 Å². The van der Waals surface area contributed by atoms with E-state index in [2.05, 4.69) is 20.1 Å². The maximum Gasteiger partial charge on any atom is 0.573 e. The molecule has 1 amide bonds. The summed E-state index contributed by atoms with van der Waals surface area (Å²) in [5.41, 5.74) is 1.55. The first kappa shape index (κ1) is 15.8. The number of benzene rings is 1. The molecule has 2 heterocycles. The highest BCUT2D eigenvalue weighted by molar-refractivity contribution is 5.95. The van der Waals surface area contributed by atoms with Gasteiger partial charge in [-0.2, -0.15) is 5.10 Å². The van der Waals surface area contributed by atoms with Gasteiger partial charge in [-0.3, -0.25) is 4.79 Å². The van der Waals surface area contributed by atoms with Crippen LogP contribution in [0.2, 0.25) is 0 Å². The highest BCUT2D eigenvalue weighted by Gasteiger charge is 2.30. The number of halogens is 3. The molecule has 0 spiro atoms. The van der Waals surface area contributed by atoms with Gasteiger partial charge in [0, 0.05) is 6.20 Å². The van der Waals surface area contributed by atoms with Gasteiger partial charge >= 0.3 is 6.36 Å². The van der Waals surface area contributed by atoms with E-state index in [1.165, 1.54) is 23.0 Å². The maximum atomic E-state index is 12.1. The molecular weight excluding hydrogens is 325 g/mol. The minimum atomic E-state index is -4.74. The normalized spacial score (nSPS) is 11.5. The number of nitrogens with one attached hydrogen (secondary N) is 1. The van der Waals surface area contributed by atoms with Crippen molar-refractivity contribution in [2.75, 3.05) is 5.32 Å². The van der Waals surface area contributed by atoms with Crippen LogP contribution in [0.4, 0.5) is 18.9 Å². The van der Waals surface area contributed by atoms with Gasteiger partial charge in [0.2, 0.25) is 5.91 Å². The molecule has 6 nitrogen and oxygen atoms in total. The zero-order valence-corrected chi connectivity index (χ0v) is 12.1. The molecule has 3 aromatic rings. The lowest BCUT2D eigenvalue weighted by atomic mass is 10.1. The number of carbonyl (C=O) groups is 1. The molecule has 0 saturated heterocycles. The number of fused-ring (bicyclic) bond motifs is 1. The molecule has 0 aliphatic carbocycles. The number of rotatable bonds is 4. The van der Waals surface area contributed by atoms with Crippen molar-refractivity contribution in [3.63, 3.8) is 0 Å². The van der Waals surface area contributed by atoms with Crippen LogP contribution in [-0.4, -0.2) is 26.9 Å². The molecule has 24 heavy (non-hydrogen) atoms. The Kier molecular flexibility index (Phi) is 4.07. The Morgan fingerprint density at radius 2 is 1.96 bits per heavy atom. The number of carbonyl (C=O) groups excluding carboxylic acids is 1. The minimum Gasteiger partial charge on any atom is -0.406 e. The molecule has 0 atom stereocenters. The molecule has 0 bridgehead atoms. The topological polar surface area (TPSA) is 68.5 Å². The molecule has 0 aliphatic heterocycles. The molecule has 124 valence electrons. The van der Waals surface area contributed by atoms with Crippen molar-refractivity contribution < 1.29 is 22.7 Å². The Morgan fingerprint density at radius 1 is 1.21 bits per heavy atom. The van der Waals surface area contributed by atoms with Crippen LogP contribution in [0.25, 0.3) is 5.65 Å². The van der Waals surface area contributed by atoms with E-state index in [0.717, 1.165) is 12.1 Å². The first-order chi connectivity index (χ1) is 11.4. The number of pyridine rings is 1. The van der Waals surface area contributed by atoms with Crippen LogP contribution in [-0.2, 0) is 11.2 Å². The van der Waals surface area contributed by atoms with E-state index >= 15 is 0 Å². The third kappa shape index (κ3) is 3.80. The Bertz CT molecular complexity index is 859. The lowest BCUT2D eigenvalue weighted by Crippen LogP contribution is -2.17. The second-order valence-electron chi connectivity index (χ2n) is 4.87. The van der Waals surface area contributed by atoms with Gasteiger partial charge in [0.1, 0.15) is 12.1 Å². The molecule has 0 aliphatic rings. The van der Waals surface area contributed by atoms with Gasteiger partial charge in [-0.05, 0) is 29.8 Å². The third-order valence-electron chi connectivity index (χ3n) is 3.10. The Labute approximate surface area is 133 Å². The number of hydrogen-bond acceptors (Lipinski definition) is 4. The van der Waals surface area contributed by atoms with E-state index in [9.17, 15) is 18.0 Å². The smallest absolute Gasteiger partial charge is 0.406 e. The molecule has 9 heteroatoms. The summed E-state index contributed by atoms with van der Waals surface area (Å²) in [6.07, 6.45) is -1.68. The number of hydrogen-bond donors (Lipinski definition) is 1. The van der Waals surface area contributed by atoms with Crippen LogP contribution in [0.5, 0.6) is 5.75 Å². The van der Waals surface area contributed by atoms with Gasteiger partial charge in [-0.15, -0.1) is 13.2 Å². The number of ether oxygens (including phenoxy) is 1. The largest absolute Gasteiger partial charge is 0.573 e. The molecule has 0 radical (unpaired) electrons. The number of amides is 1. The van der Waals surface area contributed by atoms with Crippen molar-refractivity contribution in [3.8, 4) is 5.75 Å². The fraction of sp³-hybridized carbons (Fsp3) is 0.133. The summed E-state index contributed by atoms with van der Waals surface area (Å²) in [5.74, 6) is -0.657. The van der Waals surface area contributed by atoms with Gasteiger partial charge in [0.25, 0.3) is 0 Å². The zero-order chi connectivity index (χ0) is 17.2. The number of alkyl halides is 3. The molecule has 3 rings (SSSR count). The summed E-state index contributed by atoms with van der Waals surface area (Å²) in [7, 11) is 0. The highest BCUT2D eigenvalue weighted by atomic mass is 19.4. The molecule has 0 fully saturated rings. The Balaban J connectivity index is 1.66. The average Bonchev–Trinajstić information content (AvgIpc) is 2.97. The van der Waals surface area contributed by atoms with Crippen LogP contribution in [0.15, 0.2) is 48.9 Å². The highest BCUT2D eigenvalue weighted by Crippen LogP contribution is 2.23. The predicted octanol–water partition coefficient (Wildman–Crippen LogP) is 2.81. The maximum absolute atomic E-state index is 12.1. The molecule has 1 aromatic carbocycles. The van der Waals surface area contributed by atoms with Crippen LogP contribution in [0.3, 0.4) is 0 Å². The Morgan fingerprint density at radius 3 is 2.67 bits per heavy atom. The second kappa shape index (κ2) is 6.19. The van der Waals surface area contributed by atoms with E-state index in [-0.39, 0.29) is 18.1 Å². The van der Waals surface area contributed by atoms with Crippen molar-refractivity contribution in [1.29, 1.82) is 0 Å². The molecule has 0 saturated carbocycles. The average molecular weight is 336 g/mol. The monoisotopic (exact) mass is 336 g/mol. The number of anilines is 1. The van der Waals surface area contributed by atoms with E-state index in [1.54, 1.807) is 18.3 Å². The fourth-order valence-electron chi connectivity index (χ4n) is 2.13. The van der Waals surface area contributed by atoms with Crippen LogP contribution < -0.4 is 10.1 Å². The summed E-state index contributed by atoms with van der Waals surface area (Å²) in [6, 6.07) is 8.52. The van der Waals surface area contributed by atoms with Gasteiger partial charge in [-0.25, -0.2) is 9.50 Å². The van der Waals surface area contributed by atoms with Crippen molar-refractivity contribution >= 4 is 17.2 Å². The second-order valence-corrected chi connectivity index (χ2v) is 4.87. The predicted molar refractivity (Wildman–Crippen MR) is 78.4 cm³/mol. The van der Waals surface area contributed by atoms with E-state index in [4.69, 9.17) is 0 Å². The van der Waals surface area contributed by atoms with Gasteiger partial charge in [0.15, 0.2) is 5.65 Å². The lowest BCUT2D eigenvalue weighted by molar-refractivity contribution is -0.274. The van der Waals surface area contributed by atoms with E-state index < -0.39 is 6.36 Å². The number of nitrogens with zero attached hydrogens (tertiary/aromatic N) is 3. The SMILES string of the molecule is O=C(Cc1ccc(OC(F)(F)F)cc1)Nc1cccn2ncnc12. The first-order valence-corrected chi connectivity index (χ1v) is 6.83. The lowest BCUT2D eigenvalue weighted by Gasteiger charge is -2.09. The quantitative estimate of drug-likeness (QED) is 0.795. The third-order valence-corrected chi connectivity index (χ3v) is 3.10. The molecular formula is C15H11F3N4O2. The van der Waals surface area contributed by atoms with E-state index in [1.807, 2.05) is 0 Å². The van der Waals surface area contributed by atoms with E-state index in [0.29, 0.717) is 16.9 Å². The van der Waals surface area contributed by atoms with Gasteiger partial charge < -0.3 is 10.1 Å². The van der Waals surface area contributed by atoms with Crippen LogP contribution in [0.1, 0.15) is 5.56 Å². The zero-order valence-electron chi connectivity index (χ0n) is 12.1. The van der Waals surface area contributed by atoms with Crippen molar-refractivity contribution in [3.05, 3.63) is 54.5 Å². The summed E-state index contributed by atoms with van der Waals surface area (Å²) in [6.45, 7) is 0. The fourth-order valence-corrected chi connectivity index (χ4v) is 2.13.